The number of carbonyl (C=O) groups excluding carboxylic acids is 1. The maximum absolute atomic E-state index is 12.6. The van der Waals surface area contributed by atoms with Gasteiger partial charge in [-0.15, -0.1) is 0 Å². The SMILES string of the molecule is CC/C=C\C/C=C\C/C=C\C/C=C\CCCCCCCCCCCCCOCC(COP(=O)(O)OCC(O)CO)OC(=O)CCCCCCC/C=C\CCCCC. The number of rotatable bonds is 43. The number of hydrogen-bond acceptors (Lipinski definition) is 8. The molecule has 0 radical (unpaired) electrons. The van der Waals surface area contributed by atoms with Crippen LogP contribution in [0, 0.1) is 0 Å². The molecule has 0 aliphatic carbocycles. The maximum Gasteiger partial charge on any atom is 0.472 e. The molecule has 3 N–H and O–H groups in total. The van der Waals surface area contributed by atoms with Crippen LogP contribution in [-0.2, 0) is 27.9 Å². The van der Waals surface area contributed by atoms with E-state index in [0.717, 1.165) is 77.0 Å². The smallest absolute Gasteiger partial charge is 0.457 e. The van der Waals surface area contributed by atoms with Gasteiger partial charge < -0.3 is 24.6 Å². The Morgan fingerprint density at radius 1 is 0.561 bits per heavy atom. The van der Waals surface area contributed by atoms with Crippen LogP contribution in [-0.4, -0.2) is 66.3 Å². The quantitative estimate of drug-likeness (QED) is 0.0238. The van der Waals surface area contributed by atoms with Crippen molar-refractivity contribution in [1.29, 1.82) is 0 Å². The van der Waals surface area contributed by atoms with Crippen molar-refractivity contribution < 1.29 is 43.0 Å². The number of aliphatic hydroxyl groups is 2. The summed E-state index contributed by atoms with van der Waals surface area (Å²) in [6.45, 7) is 3.36. The van der Waals surface area contributed by atoms with Gasteiger partial charge in [0.25, 0.3) is 0 Å². The van der Waals surface area contributed by atoms with Crippen LogP contribution in [0.1, 0.15) is 187 Å². The van der Waals surface area contributed by atoms with E-state index in [1.807, 2.05) is 0 Å². The number of allylic oxidation sites excluding steroid dienone is 10. The summed E-state index contributed by atoms with van der Waals surface area (Å²) in [6, 6.07) is 0. The minimum Gasteiger partial charge on any atom is -0.457 e. The zero-order valence-corrected chi connectivity index (χ0v) is 37.2. The van der Waals surface area contributed by atoms with Gasteiger partial charge in [0.2, 0.25) is 0 Å². The van der Waals surface area contributed by atoms with Gasteiger partial charge in [0.1, 0.15) is 12.2 Å². The van der Waals surface area contributed by atoms with E-state index < -0.39 is 39.2 Å². The maximum atomic E-state index is 12.6. The Labute approximate surface area is 349 Å². The number of phosphoric ester groups is 1. The first-order valence-corrected chi connectivity index (χ1v) is 24.3. The predicted molar refractivity (Wildman–Crippen MR) is 237 cm³/mol. The second-order valence-corrected chi connectivity index (χ2v) is 16.5. The highest BCUT2D eigenvalue weighted by Gasteiger charge is 2.26. The molecule has 0 heterocycles. The summed E-state index contributed by atoms with van der Waals surface area (Å²) in [6.07, 6.45) is 50.4. The first-order valence-electron chi connectivity index (χ1n) is 22.8. The van der Waals surface area contributed by atoms with Gasteiger partial charge in [-0.3, -0.25) is 13.8 Å². The zero-order valence-electron chi connectivity index (χ0n) is 36.3. The summed E-state index contributed by atoms with van der Waals surface area (Å²) in [4.78, 5) is 22.6. The second-order valence-electron chi connectivity index (χ2n) is 15.0. The van der Waals surface area contributed by atoms with Crippen LogP contribution < -0.4 is 0 Å². The van der Waals surface area contributed by atoms with Crippen LogP contribution in [0.2, 0.25) is 0 Å². The molecule has 0 saturated heterocycles. The Morgan fingerprint density at radius 3 is 1.53 bits per heavy atom. The monoisotopic (exact) mass is 825 g/mol. The lowest BCUT2D eigenvalue weighted by molar-refractivity contribution is -0.154. The van der Waals surface area contributed by atoms with Gasteiger partial charge in [-0.25, -0.2) is 4.57 Å². The first kappa shape index (κ1) is 55.2. The Morgan fingerprint density at radius 2 is 1.00 bits per heavy atom. The number of ether oxygens (including phenoxy) is 2. The molecular weight excluding hydrogens is 739 g/mol. The lowest BCUT2D eigenvalue weighted by Crippen LogP contribution is -2.29. The van der Waals surface area contributed by atoms with Crippen molar-refractivity contribution in [3.8, 4) is 0 Å². The molecule has 0 saturated carbocycles. The number of esters is 1. The van der Waals surface area contributed by atoms with E-state index in [1.165, 1.54) is 83.5 Å². The van der Waals surface area contributed by atoms with E-state index in [0.29, 0.717) is 13.0 Å². The molecule has 0 aromatic rings. The molecule has 3 atom stereocenters. The third kappa shape index (κ3) is 43.6. The van der Waals surface area contributed by atoms with Crippen molar-refractivity contribution in [1.82, 2.24) is 0 Å². The van der Waals surface area contributed by atoms with Crippen LogP contribution in [0.25, 0.3) is 0 Å². The van der Waals surface area contributed by atoms with Crippen molar-refractivity contribution in [2.75, 3.05) is 33.0 Å². The van der Waals surface area contributed by atoms with Crippen molar-refractivity contribution in [2.45, 2.75) is 199 Å². The average Bonchev–Trinajstić information content (AvgIpc) is 3.20. The molecule has 0 spiro atoms. The third-order valence-corrected chi connectivity index (χ3v) is 10.4. The van der Waals surface area contributed by atoms with Crippen LogP contribution in [0.4, 0.5) is 0 Å². The zero-order chi connectivity index (χ0) is 41.8. The van der Waals surface area contributed by atoms with E-state index in [-0.39, 0.29) is 19.6 Å². The Kier molecular flexibility index (Phi) is 42.3. The summed E-state index contributed by atoms with van der Waals surface area (Å²) in [5, 5.41) is 18.3. The summed E-state index contributed by atoms with van der Waals surface area (Å²) in [5.74, 6) is -0.395. The molecule has 0 aliphatic heterocycles. The Hall–Kier alpha value is -1.84. The number of hydrogen-bond donors (Lipinski definition) is 3. The third-order valence-electron chi connectivity index (χ3n) is 9.44. The molecule has 0 aromatic heterocycles. The summed E-state index contributed by atoms with van der Waals surface area (Å²) in [7, 11) is -4.52. The number of aliphatic hydroxyl groups excluding tert-OH is 2. The topological polar surface area (TPSA) is 132 Å². The van der Waals surface area contributed by atoms with Gasteiger partial charge in [0.05, 0.1) is 26.4 Å². The van der Waals surface area contributed by atoms with E-state index >= 15 is 0 Å². The summed E-state index contributed by atoms with van der Waals surface area (Å²) >= 11 is 0. The molecule has 0 amide bonds. The predicted octanol–water partition coefficient (Wildman–Crippen LogP) is 12.8. The number of phosphoric acid groups is 1. The fraction of sp³-hybridized carbons (Fsp3) is 0.766. The van der Waals surface area contributed by atoms with Gasteiger partial charge in [0.15, 0.2) is 0 Å². The molecule has 332 valence electrons. The number of carbonyl (C=O) groups is 1. The van der Waals surface area contributed by atoms with Gasteiger partial charge in [-0.1, -0.05) is 164 Å². The van der Waals surface area contributed by atoms with Crippen molar-refractivity contribution in [3.63, 3.8) is 0 Å². The van der Waals surface area contributed by atoms with E-state index in [1.54, 1.807) is 0 Å². The minimum atomic E-state index is -4.52. The van der Waals surface area contributed by atoms with Crippen molar-refractivity contribution in [2.24, 2.45) is 0 Å². The summed E-state index contributed by atoms with van der Waals surface area (Å²) in [5.41, 5.74) is 0. The van der Waals surface area contributed by atoms with Crippen LogP contribution in [0.15, 0.2) is 60.8 Å². The molecule has 0 fully saturated rings. The lowest BCUT2D eigenvalue weighted by atomic mass is 10.1. The van der Waals surface area contributed by atoms with E-state index in [2.05, 4.69) is 74.6 Å². The highest BCUT2D eigenvalue weighted by molar-refractivity contribution is 7.47. The van der Waals surface area contributed by atoms with E-state index in [9.17, 15) is 19.4 Å². The largest absolute Gasteiger partial charge is 0.472 e. The molecule has 0 bridgehead atoms. The average molecular weight is 825 g/mol. The number of unbranched alkanes of at least 4 members (excludes halogenated alkanes) is 19. The molecular formula is C47H85O9P. The summed E-state index contributed by atoms with van der Waals surface area (Å²) < 4.78 is 33.4. The molecule has 3 unspecified atom stereocenters. The highest BCUT2D eigenvalue weighted by Crippen LogP contribution is 2.43. The molecule has 10 heteroatoms. The van der Waals surface area contributed by atoms with Crippen molar-refractivity contribution >= 4 is 13.8 Å². The highest BCUT2D eigenvalue weighted by atomic mass is 31.2. The van der Waals surface area contributed by atoms with E-state index in [4.69, 9.17) is 23.6 Å². The van der Waals surface area contributed by atoms with Crippen molar-refractivity contribution in [3.05, 3.63) is 60.8 Å². The molecule has 9 nitrogen and oxygen atoms in total. The van der Waals surface area contributed by atoms with Gasteiger partial charge >= 0.3 is 13.8 Å². The molecule has 0 rings (SSSR count). The lowest BCUT2D eigenvalue weighted by Gasteiger charge is -2.20. The second kappa shape index (κ2) is 43.7. The van der Waals surface area contributed by atoms with Crippen LogP contribution in [0.5, 0.6) is 0 Å². The fourth-order valence-electron chi connectivity index (χ4n) is 5.99. The molecule has 0 aliphatic rings. The minimum absolute atomic E-state index is 0.0421. The molecule has 0 aromatic carbocycles. The van der Waals surface area contributed by atoms with Gasteiger partial charge in [0, 0.05) is 13.0 Å². The molecule has 57 heavy (non-hydrogen) atoms. The van der Waals surface area contributed by atoms with Gasteiger partial charge in [-0.05, 0) is 77.0 Å². The Bertz CT molecular complexity index is 1070. The Balaban J connectivity index is 4.07. The van der Waals surface area contributed by atoms with Crippen LogP contribution in [0.3, 0.4) is 0 Å². The fourth-order valence-corrected chi connectivity index (χ4v) is 6.78. The standard InChI is InChI=1S/C47H85O9P/c1-3-5-7-9-11-13-15-17-18-19-20-21-22-23-24-25-26-27-28-30-32-34-36-38-40-53-43-46(44-55-57(51,52)54-42-45(49)41-48)56-47(50)39-37-35-33-31-29-16-14-12-10-8-6-4-2/h5,7,11-14,17-18,20-21,45-46,48-49H,3-4,6,8-10,15-16,19,22-44H2,1-2H3,(H,51,52)/b7-5-,13-11-,14-12-,18-17-,21-20-. The first-order chi connectivity index (χ1) is 27.8. The van der Waals surface area contributed by atoms with Crippen LogP contribution >= 0.6 is 7.82 Å². The normalized spacial score (nSPS) is 14.5. The van der Waals surface area contributed by atoms with Gasteiger partial charge in [-0.2, -0.15) is 0 Å².